The second kappa shape index (κ2) is 30.8. The van der Waals surface area contributed by atoms with Crippen molar-refractivity contribution in [2.75, 3.05) is 13.2 Å². The van der Waals surface area contributed by atoms with E-state index in [1.165, 1.54) is 24.3 Å². The molecule has 3 rings (SSSR count). The molecule has 0 aliphatic heterocycles. The Morgan fingerprint density at radius 2 is 1.12 bits per heavy atom. The van der Waals surface area contributed by atoms with E-state index in [0.29, 0.717) is 28.5 Å². The fraction of sp³-hybridized carbons (Fsp3) is 0.547. The average Bonchev–Trinajstić information content (AvgIpc) is 3.78. The topological polar surface area (TPSA) is 390 Å². The summed E-state index contributed by atoms with van der Waals surface area (Å²) >= 11 is 0. The third-order valence-electron chi connectivity index (χ3n) is 12.7. The van der Waals surface area contributed by atoms with Crippen molar-refractivity contribution in [3.8, 4) is 5.75 Å². The highest BCUT2D eigenvalue weighted by atomic mass is 16.4. The van der Waals surface area contributed by atoms with Gasteiger partial charge in [0.2, 0.25) is 47.3 Å². The van der Waals surface area contributed by atoms with Crippen molar-refractivity contribution in [1.29, 1.82) is 0 Å². The second-order valence-electron chi connectivity index (χ2n) is 20.4. The molecule has 77 heavy (non-hydrogen) atoms. The molecule has 9 atom stereocenters. The predicted molar refractivity (Wildman–Crippen MR) is 283 cm³/mol. The van der Waals surface area contributed by atoms with Gasteiger partial charge in [0.05, 0.1) is 13.2 Å². The van der Waals surface area contributed by atoms with Gasteiger partial charge in [-0.1, -0.05) is 92.1 Å². The van der Waals surface area contributed by atoms with Gasteiger partial charge in [0, 0.05) is 36.4 Å². The lowest BCUT2D eigenvalue weighted by atomic mass is 9.97. The number of nitrogens with two attached hydrogens (primary N) is 1. The number of H-pyrrole nitrogens is 1. The standard InChI is InChI=1S/C53H78N10O14/c1-9-30(8)45(53(76)77)63-48(71)37(18-19-43(67)68)57-51(74)41(23-32-24-55-36-13-11-10-12-34(32)36)60-49(72)38(20-27(2)3)59-50(73)39(21-28(4)5)61-52(75)44(29(6)7)62-42(66)25-56-47(70)40(58-46(69)35(54)26-64)22-31-14-16-33(65)17-15-31/h10-17,24,27-30,35,37-41,44-45,55,64-65H,9,18-23,25-26,54H2,1-8H3,(H,56,70)(H,57,74)(H,58,69)(H,59,73)(H,60,72)(H,61,75)(H,62,66)(H,63,71)(H,67,68)(H,76,77)/t30-,35-,37-,38-,39-,40-,41-,44-,45-/m0/s1. The molecular weight excluding hydrogens is 1000 g/mol. The number of fused-ring (bicyclic) bond motifs is 1. The molecule has 1 heterocycles. The molecule has 0 aliphatic rings. The molecule has 0 fully saturated rings. The SMILES string of the molecule is CC[C@H](C)[C@H](NC(=O)[C@H](CCC(=O)O)NC(=O)[C@H](Cc1c[nH]c2ccccc12)NC(=O)[C@H](CC(C)C)NC(=O)[C@H](CC(C)C)NC(=O)[C@@H](NC(=O)CNC(=O)[C@H](Cc1ccc(O)cc1)NC(=O)[C@@H](N)CO)C(C)C)C(=O)O. The molecular formula is C53H78N10O14. The number of hydrogen-bond acceptors (Lipinski definition) is 13. The molecule has 0 saturated carbocycles. The van der Waals surface area contributed by atoms with E-state index < -0.39 is 145 Å². The van der Waals surface area contributed by atoms with Crippen LogP contribution in [0.3, 0.4) is 0 Å². The molecule has 0 spiro atoms. The number of carboxylic acid groups (broad SMARTS) is 2. The van der Waals surface area contributed by atoms with Gasteiger partial charge >= 0.3 is 11.9 Å². The summed E-state index contributed by atoms with van der Waals surface area (Å²) in [5.41, 5.74) is 7.47. The van der Waals surface area contributed by atoms with Gasteiger partial charge in [-0.3, -0.25) is 43.2 Å². The largest absolute Gasteiger partial charge is 0.508 e. The minimum Gasteiger partial charge on any atom is -0.508 e. The Kier molecular flexibility index (Phi) is 25.5. The Bertz CT molecular complexity index is 2510. The number of carboxylic acids is 2. The summed E-state index contributed by atoms with van der Waals surface area (Å²) in [6.07, 6.45) is 0.894. The smallest absolute Gasteiger partial charge is 0.326 e. The van der Waals surface area contributed by atoms with E-state index in [-0.39, 0.29) is 43.3 Å². The third-order valence-corrected chi connectivity index (χ3v) is 12.7. The van der Waals surface area contributed by atoms with E-state index in [4.69, 9.17) is 5.73 Å². The first-order valence-corrected chi connectivity index (χ1v) is 25.8. The molecule has 3 aromatic rings. The Balaban J connectivity index is 1.87. The summed E-state index contributed by atoms with van der Waals surface area (Å²) in [5, 5.41) is 59.8. The lowest BCUT2D eigenvalue weighted by Crippen LogP contribution is -2.60. The van der Waals surface area contributed by atoms with E-state index in [1.807, 2.05) is 0 Å². The van der Waals surface area contributed by atoms with Crippen molar-refractivity contribution in [2.45, 2.75) is 149 Å². The van der Waals surface area contributed by atoms with Crippen LogP contribution in [0.1, 0.15) is 98.6 Å². The van der Waals surface area contributed by atoms with Crippen LogP contribution in [0.2, 0.25) is 0 Å². The summed E-state index contributed by atoms with van der Waals surface area (Å²) in [5.74, 6) is -10.8. The van der Waals surface area contributed by atoms with Gasteiger partial charge in [0.1, 0.15) is 54.1 Å². The van der Waals surface area contributed by atoms with E-state index >= 15 is 0 Å². The Labute approximate surface area is 447 Å². The minimum absolute atomic E-state index is 0.0342. The number of aromatic amines is 1. The Hall–Kier alpha value is -7.60. The molecule has 0 aliphatic carbocycles. The van der Waals surface area contributed by atoms with Crippen LogP contribution in [0, 0.1) is 23.7 Å². The number of aliphatic hydroxyl groups excluding tert-OH is 1. The van der Waals surface area contributed by atoms with Gasteiger partial charge in [-0.25, -0.2) is 4.79 Å². The van der Waals surface area contributed by atoms with Gasteiger partial charge < -0.3 is 73.7 Å². The zero-order valence-corrected chi connectivity index (χ0v) is 44.9. The van der Waals surface area contributed by atoms with E-state index in [9.17, 15) is 68.4 Å². The van der Waals surface area contributed by atoms with Crippen molar-refractivity contribution in [2.24, 2.45) is 29.4 Å². The summed E-state index contributed by atoms with van der Waals surface area (Å²) in [6, 6.07) is 2.19. The number of aromatic nitrogens is 1. The number of carbonyl (C=O) groups is 10. The zero-order valence-electron chi connectivity index (χ0n) is 44.9. The number of benzene rings is 2. The molecule has 1 aromatic heterocycles. The van der Waals surface area contributed by atoms with Crippen LogP contribution in [0.25, 0.3) is 10.9 Å². The molecule has 24 heteroatoms. The van der Waals surface area contributed by atoms with Gasteiger partial charge in [0.25, 0.3) is 0 Å². The maximum Gasteiger partial charge on any atom is 0.326 e. The van der Waals surface area contributed by atoms with Crippen molar-refractivity contribution in [3.63, 3.8) is 0 Å². The van der Waals surface area contributed by atoms with Gasteiger partial charge in [-0.05, 0) is 72.3 Å². The summed E-state index contributed by atoms with van der Waals surface area (Å²) < 4.78 is 0. The van der Waals surface area contributed by atoms with E-state index in [0.717, 1.165) is 0 Å². The highest BCUT2D eigenvalue weighted by molar-refractivity contribution is 5.98. The fourth-order valence-corrected chi connectivity index (χ4v) is 8.18. The van der Waals surface area contributed by atoms with Crippen molar-refractivity contribution < 1.29 is 68.4 Å². The number of para-hydroxylation sites is 1. The molecule has 0 radical (unpaired) electrons. The zero-order chi connectivity index (χ0) is 57.7. The molecule has 424 valence electrons. The average molecular weight is 1080 g/mol. The quantitative estimate of drug-likeness (QED) is 0.0398. The number of phenolic OH excluding ortho intramolecular Hbond substituents is 1. The fourth-order valence-electron chi connectivity index (χ4n) is 8.18. The number of rotatable bonds is 32. The molecule has 0 saturated heterocycles. The lowest BCUT2D eigenvalue weighted by Gasteiger charge is -2.29. The van der Waals surface area contributed by atoms with Gasteiger partial charge in [-0.2, -0.15) is 0 Å². The number of carbonyl (C=O) groups excluding carboxylic acids is 8. The van der Waals surface area contributed by atoms with E-state index in [1.54, 1.807) is 85.9 Å². The maximum absolute atomic E-state index is 14.5. The molecule has 2 aromatic carbocycles. The first-order chi connectivity index (χ1) is 36.2. The van der Waals surface area contributed by atoms with Crippen LogP contribution in [0.5, 0.6) is 5.75 Å². The first kappa shape index (κ1) is 63.7. The second-order valence-corrected chi connectivity index (χ2v) is 20.4. The van der Waals surface area contributed by atoms with Crippen LogP contribution in [-0.2, 0) is 60.8 Å². The van der Waals surface area contributed by atoms with Crippen molar-refractivity contribution in [3.05, 3.63) is 65.9 Å². The maximum atomic E-state index is 14.5. The summed E-state index contributed by atoms with van der Waals surface area (Å²) in [6.45, 7) is 12.5. The monoisotopic (exact) mass is 1080 g/mol. The van der Waals surface area contributed by atoms with Crippen molar-refractivity contribution >= 4 is 70.1 Å². The van der Waals surface area contributed by atoms with Crippen LogP contribution in [-0.4, -0.2) is 146 Å². The van der Waals surface area contributed by atoms with Crippen LogP contribution in [0.15, 0.2) is 54.7 Å². The molecule has 15 N–H and O–H groups in total. The number of amides is 8. The normalized spacial score (nSPS) is 14.9. The first-order valence-electron chi connectivity index (χ1n) is 25.8. The minimum atomic E-state index is -1.54. The summed E-state index contributed by atoms with van der Waals surface area (Å²) in [4.78, 5) is 137. The lowest BCUT2D eigenvalue weighted by molar-refractivity contribution is -0.144. The van der Waals surface area contributed by atoms with Crippen LogP contribution >= 0.6 is 0 Å². The third kappa shape index (κ3) is 20.8. The Morgan fingerprint density at radius 3 is 1.66 bits per heavy atom. The van der Waals surface area contributed by atoms with Crippen LogP contribution in [0.4, 0.5) is 0 Å². The molecule has 0 bridgehead atoms. The number of hydrogen-bond donors (Lipinski definition) is 14. The van der Waals surface area contributed by atoms with Gasteiger partial charge in [-0.15, -0.1) is 0 Å². The number of aliphatic hydroxyl groups is 1. The van der Waals surface area contributed by atoms with Gasteiger partial charge in [0.15, 0.2) is 0 Å². The number of aromatic hydroxyl groups is 1. The number of phenols is 1. The van der Waals surface area contributed by atoms with Crippen molar-refractivity contribution in [1.82, 2.24) is 47.5 Å². The molecule has 8 amide bonds. The highest BCUT2D eigenvalue weighted by Crippen LogP contribution is 2.20. The number of aliphatic carboxylic acids is 2. The molecule has 24 nitrogen and oxygen atoms in total. The Morgan fingerprint density at radius 1 is 0.597 bits per heavy atom. The number of nitrogens with one attached hydrogen (secondary N) is 9. The highest BCUT2D eigenvalue weighted by Gasteiger charge is 2.36. The summed E-state index contributed by atoms with van der Waals surface area (Å²) in [7, 11) is 0. The predicted octanol–water partition coefficient (Wildman–Crippen LogP) is 0.232. The molecule has 0 unspecified atom stereocenters. The van der Waals surface area contributed by atoms with Crippen LogP contribution < -0.4 is 48.3 Å². The van der Waals surface area contributed by atoms with E-state index in [2.05, 4.69) is 47.5 Å².